The van der Waals surface area contributed by atoms with Gasteiger partial charge >= 0.3 is 0 Å². The second-order valence-corrected chi connectivity index (χ2v) is 5.46. The van der Waals surface area contributed by atoms with Gasteiger partial charge in [-0.2, -0.15) is 0 Å². The second kappa shape index (κ2) is 8.51. The standard InChI is InChI=1S/C14H30N4O/c1-4-12-11-17(3)7-6-8-18(12)13(10-15)9-14(19)16-5-2/h12-13H,4-11,15H2,1-3H3,(H,16,19). The lowest BCUT2D eigenvalue weighted by atomic mass is 10.1. The fourth-order valence-electron chi connectivity index (χ4n) is 2.93. The molecular weight excluding hydrogens is 240 g/mol. The summed E-state index contributed by atoms with van der Waals surface area (Å²) < 4.78 is 0. The SMILES string of the molecule is CCNC(=O)CC(CN)N1CCCN(C)CC1CC. The van der Waals surface area contributed by atoms with Crippen LogP contribution in [0.4, 0.5) is 0 Å². The molecule has 1 heterocycles. The largest absolute Gasteiger partial charge is 0.356 e. The van der Waals surface area contributed by atoms with E-state index in [0.29, 0.717) is 25.6 Å². The number of carbonyl (C=O) groups excluding carboxylic acids is 1. The number of amides is 1. The third kappa shape index (κ3) is 5.09. The Balaban J connectivity index is 2.67. The van der Waals surface area contributed by atoms with Crippen molar-refractivity contribution >= 4 is 5.91 Å². The second-order valence-electron chi connectivity index (χ2n) is 5.46. The zero-order valence-corrected chi connectivity index (χ0v) is 12.7. The van der Waals surface area contributed by atoms with E-state index in [-0.39, 0.29) is 11.9 Å². The first-order chi connectivity index (χ1) is 9.12. The van der Waals surface area contributed by atoms with Crippen molar-refractivity contribution in [2.45, 2.75) is 45.2 Å². The van der Waals surface area contributed by atoms with E-state index in [9.17, 15) is 4.79 Å². The Labute approximate surface area is 117 Å². The van der Waals surface area contributed by atoms with E-state index >= 15 is 0 Å². The van der Waals surface area contributed by atoms with Crippen molar-refractivity contribution in [1.29, 1.82) is 0 Å². The Bertz CT molecular complexity index is 272. The van der Waals surface area contributed by atoms with Crippen molar-refractivity contribution in [2.24, 2.45) is 5.73 Å². The molecule has 5 nitrogen and oxygen atoms in total. The minimum Gasteiger partial charge on any atom is -0.356 e. The summed E-state index contributed by atoms with van der Waals surface area (Å²) in [4.78, 5) is 16.6. The van der Waals surface area contributed by atoms with Gasteiger partial charge in [-0.25, -0.2) is 0 Å². The molecule has 2 unspecified atom stereocenters. The van der Waals surface area contributed by atoms with Gasteiger partial charge in [0, 0.05) is 44.7 Å². The molecule has 0 bridgehead atoms. The van der Waals surface area contributed by atoms with Crippen molar-refractivity contribution in [3.63, 3.8) is 0 Å². The first-order valence-corrected chi connectivity index (χ1v) is 7.53. The van der Waals surface area contributed by atoms with E-state index in [1.165, 1.54) is 0 Å². The highest BCUT2D eigenvalue weighted by Gasteiger charge is 2.28. The average molecular weight is 270 g/mol. The van der Waals surface area contributed by atoms with Crippen LogP contribution in [0.1, 0.15) is 33.1 Å². The Morgan fingerprint density at radius 1 is 1.42 bits per heavy atom. The van der Waals surface area contributed by atoms with E-state index in [1.54, 1.807) is 0 Å². The lowest BCUT2D eigenvalue weighted by Gasteiger charge is -2.36. The highest BCUT2D eigenvalue weighted by atomic mass is 16.1. The smallest absolute Gasteiger partial charge is 0.221 e. The minimum absolute atomic E-state index is 0.116. The molecule has 2 atom stereocenters. The normalized spacial score (nSPS) is 23.9. The van der Waals surface area contributed by atoms with E-state index in [2.05, 4.69) is 29.1 Å². The van der Waals surface area contributed by atoms with Crippen LogP contribution in [0.2, 0.25) is 0 Å². The van der Waals surface area contributed by atoms with Crippen molar-refractivity contribution in [1.82, 2.24) is 15.1 Å². The number of carbonyl (C=O) groups is 1. The molecule has 112 valence electrons. The highest BCUT2D eigenvalue weighted by molar-refractivity contribution is 5.76. The van der Waals surface area contributed by atoms with Gasteiger partial charge in [-0.15, -0.1) is 0 Å². The summed E-state index contributed by atoms with van der Waals surface area (Å²) >= 11 is 0. The number of rotatable bonds is 6. The summed E-state index contributed by atoms with van der Waals surface area (Å²) in [5, 5.41) is 2.88. The lowest BCUT2D eigenvalue weighted by Crippen LogP contribution is -2.50. The summed E-state index contributed by atoms with van der Waals surface area (Å²) in [7, 11) is 2.17. The number of hydrogen-bond acceptors (Lipinski definition) is 4. The zero-order valence-electron chi connectivity index (χ0n) is 12.7. The van der Waals surface area contributed by atoms with Crippen LogP contribution in [0.5, 0.6) is 0 Å². The molecule has 1 amide bonds. The van der Waals surface area contributed by atoms with Crippen LogP contribution in [-0.2, 0) is 4.79 Å². The van der Waals surface area contributed by atoms with Gasteiger partial charge in [0.25, 0.3) is 0 Å². The zero-order chi connectivity index (χ0) is 14.3. The van der Waals surface area contributed by atoms with E-state index < -0.39 is 0 Å². The van der Waals surface area contributed by atoms with Gasteiger partial charge in [0.1, 0.15) is 0 Å². The van der Waals surface area contributed by atoms with Gasteiger partial charge in [-0.05, 0) is 33.4 Å². The summed E-state index contributed by atoms with van der Waals surface area (Å²) in [5.74, 6) is 0.116. The monoisotopic (exact) mass is 270 g/mol. The maximum absolute atomic E-state index is 11.8. The average Bonchev–Trinajstić information content (AvgIpc) is 2.57. The molecule has 0 aliphatic carbocycles. The van der Waals surface area contributed by atoms with Gasteiger partial charge < -0.3 is 16.0 Å². The van der Waals surface area contributed by atoms with Crippen molar-refractivity contribution in [3.8, 4) is 0 Å². The van der Waals surface area contributed by atoms with Crippen LogP contribution in [0.3, 0.4) is 0 Å². The maximum atomic E-state index is 11.8. The molecule has 19 heavy (non-hydrogen) atoms. The fraction of sp³-hybridized carbons (Fsp3) is 0.929. The van der Waals surface area contributed by atoms with Crippen LogP contribution in [-0.4, -0.2) is 67.6 Å². The number of nitrogens with two attached hydrogens (primary N) is 1. The quantitative estimate of drug-likeness (QED) is 0.726. The summed E-state index contributed by atoms with van der Waals surface area (Å²) in [6, 6.07) is 0.679. The van der Waals surface area contributed by atoms with Crippen LogP contribution in [0, 0.1) is 0 Å². The molecule has 0 aromatic heterocycles. The number of nitrogens with zero attached hydrogens (tertiary/aromatic N) is 2. The van der Waals surface area contributed by atoms with E-state index in [4.69, 9.17) is 5.73 Å². The number of likely N-dealkylation sites (N-methyl/N-ethyl adjacent to an activating group) is 1. The first-order valence-electron chi connectivity index (χ1n) is 7.53. The molecule has 0 aromatic carbocycles. The number of hydrogen-bond donors (Lipinski definition) is 2. The maximum Gasteiger partial charge on any atom is 0.221 e. The van der Waals surface area contributed by atoms with Crippen molar-refractivity contribution in [3.05, 3.63) is 0 Å². The van der Waals surface area contributed by atoms with Gasteiger partial charge in [0.15, 0.2) is 0 Å². The Hall–Kier alpha value is -0.650. The van der Waals surface area contributed by atoms with Crippen LogP contribution < -0.4 is 11.1 Å². The summed E-state index contributed by atoms with van der Waals surface area (Å²) in [5.41, 5.74) is 5.92. The van der Waals surface area contributed by atoms with Gasteiger partial charge in [0.05, 0.1) is 0 Å². The molecule has 0 saturated carbocycles. The molecule has 0 aromatic rings. The van der Waals surface area contributed by atoms with Crippen LogP contribution >= 0.6 is 0 Å². The molecule has 0 radical (unpaired) electrons. The predicted molar refractivity (Wildman–Crippen MR) is 79.0 cm³/mol. The van der Waals surface area contributed by atoms with Gasteiger partial charge in [0.2, 0.25) is 5.91 Å². The fourth-order valence-corrected chi connectivity index (χ4v) is 2.93. The molecule has 5 heteroatoms. The van der Waals surface area contributed by atoms with Crippen LogP contribution in [0.15, 0.2) is 0 Å². The van der Waals surface area contributed by atoms with Crippen LogP contribution in [0.25, 0.3) is 0 Å². The van der Waals surface area contributed by atoms with Crippen molar-refractivity contribution < 1.29 is 4.79 Å². The van der Waals surface area contributed by atoms with Gasteiger partial charge in [-0.1, -0.05) is 6.92 Å². The molecular formula is C14H30N4O. The Morgan fingerprint density at radius 2 is 2.16 bits per heavy atom. The van der Waals surface area contributed by atoms with Crippen molar-refractivity contribution in [2.75, 3.05) is 39.8 Å². The Kier molecular flexibility index (Phi) is 7.34. The molecule has 3 N–H and O–H groups in total. The molecule has 1 aliphatic rings. The summed E-state index contributed by atoms with van der Waals surface area (Å²) in [6.45, 7) is 8.66. The molecule has 0 spiro atoms. The lowest BCUT2D eigenvalue weighted by molar-refractivity contribution is -0.122. The van der Waals surface area contributed by atoms with E-state index in [0.717, 1.165) is 32.5 Å². The predicted octanol–water partition coefficient (Wildman–Crippen LogP) is 0.256. The third-order valence-corrected chi connectivity index (χ3v) is 3.95. The van der Waals surface area contributed by atoms with Gasteiger partial charge in [-0.3, -0.25) is 9.69 Å². The summed E-state index contributed by atoms with van der Waals surface area (Å²) in [6.07, 6.45) is 2.78. The Morgan fingerprint density at radius 3 is 2.74 bits per heavy atom. The molecule has 1 rings (SSSR count). The highest BCUT2D eigenvalue weighted by Crippen LogP contribution is 2.16. The molecule has 1 aliphatic heterocycles. The molecule has 1 saturated heterocycles. The van der Waals surface area contributed by atoms with E-state index in [1.807, 2.05) is 6.92 Å². The topological polar surface area (TPSA) is 61.6 Å². The minimum atomic E-state index is 0.116. The molecule has 1 fully saturated rings. The number of nitrogens with one attached hydrogen (secondary N) is 1. The third-order valence-electron chi connectivity index (χ3n) is 3.95. The first kappa shape index (κ1) is 16.4.